The fourth-order valence-electron chi connectivity index (χ4n) is 2.87. The first-order valence-electron chi connectivity index (χ1n) is 8.83. The molecule has 1 aromatic heterocycles. The van der Waals surface area contributed by atoms with Crippen molar-refractivity contribution < 1.29 is 9.53 Å². The van der Waals surface area contributed by atoms with Gasteiger partial charge in [0, 0.05) is 45.0 Å². The summed E-state index contributed by atoms with van der Waals surface area (Å²) in [5.41, 5.74) is 3.51. The number of nitrogens with zero attached hydrogens (tertiary/aromatic N) is 2. The van der Waals surface area contributed by atoms with Crippen molar-refractivity contribution in [2.75, 3.05) is 26.3 Å². The van der Waals surface area contributed by atoms with E-state index in [0.29, 0.717) is 13.0 Å². The highest BCUT2D eigenvalue weighted by atomic mass is 16.5. The highest BCUT2D eigenvalue weighted by Crippen LogP contribution is 2.09. The number of benzene rings is 1. The van der Waals surface area contributed by atoms with Crippen LogP contribution in [0.15, 0.2) is 48.8 Å². The lowest BCUT2D eigenvalue weighted by Crippen LogP contribution is -2.35. The number of ether oxygens (including phenoxy) is 1. The third-order valence-corrected chi connectivity index (χ3v) is 4.39. The largest absolute Gasteiger partial charge is 0.379 e. The molecular formula is C20H25N3O2. The Bertz CT molecular complexity index is 652. The summed E-state index contributed by atoms with van der Waals surface area (Å²) in [6, 6.07) is 12.4. The minimum atomic E-state index is 0.0706. The Labute approximate surface area is 149 Å². The summed E-state index contributed by atoms with van der Waals surface area (Å²) in [7, 11) is 0. The lowest BCUT2D eigenvalue weighted by molar-refractivity contribution is -0.121. The van der Waals surface area contributed by atoms with Crippen molar-refractivity contribution in [3.63, 3.8) is 0 Å². The van der Waals surface area contributed by atoms with Crippen LogP contribution in [-0.2, 0) is 29.0 Å². The fourth-order valence-corrected chi connectivity index (χ4v) is 2.87. The summed E-state index contributed by atoms with van der Waals surface area (Å²) in [6.07, 6.45) is 4.76. The molecule has 2 heterocycles. The molecule has 0 spiro atoms. The molecule has 0 atom stereocenters. The van der Waals surface area contributed by atoms with Crippen LogP contribution in [0.2, 0.25) is 0 Å². The van der Waals surface area contributed by atoms with Gasteiger partial charge in [0.05, 0.1) is 13.2 Å². The Balaban J connectivity index is 1.39. The molecule has 1 aliphatic heterocycles. The highest BCUT2D eigenvalue weighted by Gasteiger charge is 2.10. The Morgan fingerprint density at radius 1 is 1.08 bits per heavy atom. The molecule has 1 N–H and O–H groups in total. The Hall–Kier alpha value is -2.24. The van der Waals surface area contributed by atoms with Crippen LogP contribution in [0, 0.1) is 0 Å². The number of rotatable bonds is 7. The van der Waals surface area contributed by atoms with Crippen molar-refractivity contribution in [2.45, 2.75) is 25.9 Å². The summed E-state index contributed by atoms with van der Waals surface area (Å²) in [5, 5.41) is 2.98. The Morgan fingerprint density at radius 3 is 2.56 bits per heavy atom. The molecular weight excluding hydrogens is 314 g/mol. The van der Waals surface area contributed by atoms with Gasteiger partial charge < -0.3 is 10.1 Å². The summed E-state index contributed by atoms with van der Waals surface area (Å²) < 4.78 is 5.37. The quantitative estimate of drug-likeness (QED) is 0.840. The van der Waals surface area contributed by atoms with Crippen LogP contribution in [0.1, 0.15) is 23.1 Å². The number of carbonyl (C=O) groups is 1. The second-order valence-electron chi connectivity index (χ2n) is 6.34. The van der Waals surface area contributed by atoms with Crippen LogP contribution in [0.3, 0.4) is 0 Å². The molecule has 1 saturated heterocycles. The zero-order chi connectivity index (χ0) is 17.3. The zero-order valence-electron chi connectivity index (χ0n) is 14.5. The number of morpholine rings is 1. The van der Waals surface area contributed by atoms with Crippen LogP contribution < -0.4 is 5.32 Å². The molecule has 1 amide bonds. The van der Waals surface area contributed by atoms with Crippen LogP contribution in [0.25, 0.3) is 0 Å². The Morgan fingerprint density at radius 2 is 1.84 bits per heavy atom. The first-order chi connectivity index (χ1) is 12.3. The molecule has 0 radical (unpaired) electrons. The third kappa shape index (κ3) is 5.96. The predicted molar refractivity (Wildman–Crippen MR) is 96.9 cm³/mol. The van der Waals surface area contributed by atoms with E-state index in [1.54, 1.807) is 12.4 Å². The highest BCUT2D eigenvalue weighted by molar-refractivity contribution is 5.76. The van der Waals surface area contributed by atoms with Gasteiger partial charge in [-0.05, 0) is 29.2 Å². The number of hydrogen-bond donors (Lipinski definition) is 1. The first kappa shape index (κ1) is 17.6. The van der Waals surface area contributed by atoms with E-state index >= 15 is 0 Å². The smallest absolute Gasteiger partial charge is 0.220 e. The minimum Gasteiger partial charge on any atom is -0.379 e. The van der Waals surface area contributed by atoms with Gasteiger partial charge in [0.25, 0.3) is 0 Å². The number of hydrogen-bond acceptors (Lipinski definition) is 4. The third-order valence-electron chi connectivity index (χ3n) is 4.39. The number of amides is 1. The molecule has 132 valence electrons. The van der Waals surface area contributed by atoms with E-state index in [1.807, 2.05) is 12.1 Å². The maximum Gasteiger partial charge on any atom is 0.220 e. The summed E-state index contributed by atoms with van der Waals surface area (Å²) in [4.78, 5) is 18.4. The first-order valence-corrected chi connectivity index (χ1v) is 8.83. The van der Waals surface area contributed by atoms with E-state index in [0.717, 1.165) is 50.4 Å². The van der Waals surface area contributed by atoms with Crippen LogP contribution in [0.5, 0.6) is 0 Å². The van der Waals surface area contributed by atoms with E-state index in [4.69, 9.17) is 4.74 Å². The maximum absolute atomic E-state index is 12.0. The predicted octanol–water partition coefficient (Wildman–Crippen LogP) is 2.16. The van der Waals surface area contributed by atoms with Crippen molar-refractivity contribution in [1.82, 2.24) is 15.2 Å². The average Bonchev–Trinajstić information content (AvgIpc) is 2.67. The summed E-state index contributed by atoms with van der Waals surface area (Å²) >= 11 is 0. The number of carbonyl (C=O) groups excluding carboxylic acids is 1. The van der Waals surface area contributed by atoms with Crippen molar-refractivity contribution in [1.29, 1.82) is 0 Å². The van der Waals surface area contributed by atoms with Gasteiger partial charge in [0.2, 0.25) is 5.91 Å². The lowest BCUT2D eigenvalue weighted by Gasteiger charge is -2.26. The van der Waals surface area contributed by atoms with E-state index in [2.05, 4.69) is 39.5 Å². The Kier molecular flexibility index (Phi) is 6.54. The molecule has 2 aromatic rings. The molecule has 3 rings (SSSR count). The van der Waals surface area contributed by atoms with Gasteiger partial charge in [-0.3, -0.25) is 14.7 Å². The standard InChI is InChI=1S/C20H25N3O2/c24-20(8-7-17-2-1-9-21-14-17)22-15-18-3-5-19(6-4-18)16-23-10-12-25-13-11-23/h1-6,9,14H,7-8,10-13,15-16H2,(H,22,24). The molecule has 5 heteroatoms. The zero-order valence-corrected chi connectivity index (χ0v) is 14.5. The number of pyridine rings is 1. The van der Waals surface area contributed by atoms with E-state index in [9.17, 15) is 4.79 Å². The van der Waals surface area contributed by atoms with E-state index < -0.39 is 0 Å². The SMILES string of the molecule is O=C(CCc1cccnc1)NCc1ccc(CN2CCOCC2)cc1. The molecule has 25 heavy (non-hydrogen) atoms. The molecule has 0 bridgehead atoms. The van der Waals surface area contributed by atoms with Gasteiger partial charge in [-0.2, -0.15) is 0 Å². The van der Waals surface area contributed by atoms with Gasteiger partial charge in [-0.25, -0.2) is 0 Å². The van der Waals surface area contributed by atoms with Crippen LogP contribution >= 0.6 is 0 Å². The summed E-state index contributed by atoms with van der Waals surface area (Å²) in [5.74, 6) is 0.0706. The normalized spacial score (nSPS) is 15.0. The summed E-state index contributed by atoms with van der Waals surface area (Å²) in [6.45, 7) is 5.17. The topological polar surface area (TPSA) is 54.5 Å². The monoisotopic (exact) mass is 339 g/mol. The van der Waals surface area contributed by atoms with Gasteiger partial charge in [-0.1, -0.05) is 30.3 Å². The van der Waals surface area contributed by atoms with Crippen molar-refractivity contribution in [3.8, 4) is 0 Å². The molecule has 0 saturated carbocycles. The maximum atomic E-state index is 12.0. The van der Waals surface area contributed by atoms with Crippen LogP contribution in [0.4, 0.5) is 0 Å². The number of nitrogens with one attached hydrogen (secondary N) is 1. The second-order valence-corrected chi connectivity index (χ2v) is 6.34. The average molecular weight is 339 g/mol. The minimum absolute atomic E-state index is 0.0706. The van der Waals surface area contributed by atoms with Crippen LogP contribution in [-0.4, -0.2) is 42.1 Å². The molecule has 1 aliphatic rings. The van der Waals surface area contributed by atoms with Crippen molar-refractivity contribution in [3.05, 3.63) is 65.5 Å². The number of aryl methyl sites for hydroxylation is 1. The lowest BCUT2D eigenvalue weighted by atomic mass is 10.1. The van der Waals surface area contributed by atoms with E-state index in [-0.39, 0.29) is 5.91 Å². The molecule has 0 unspecified atom stereocenters. The van der Waals surface area contributed by atoms with E-state index in [1.165, 1.54) is 5.56 Å². The van der Waals surface area contributed by atoms with Gasteiger partial charge in [-0.15, -0.1) is 0 Å². The number of aromatic nitrogens is 1. The van der Waals surface area contributed by atoms with Crippen molar-refractivity contribution in [2.24, 2.45) is 0 Å². The molecule has 5 nitrogen and oxygen atoms in total. The fraction of sp³-hybridized carbons (Fsp3) is 0.400. The molecule has 0 aliphatic carbocycles. The second kappa shape index (κ2) is 9.30. The van der Waals surface area contributed by atoms with Crippen molar-refractivity contribution >= 4 is 5.91 Å². The van der Waals surface area contributed by atoms with Gasteiger partial charge >= 0.3 is 0 Å². The van der Waals surface area contributed by atoms with Gasteiger partial charge in [0.1, 0.15) is 0 Å². The van der Waals surface area contributed by atoms with Gasteiger partial charge in [0.15, 0.2) is 0 Å². The molecule has 1 aromatic carbocycles. The molecule has 1 fully saturated rings.